The Balaban J connectivity index is 1.51. The molecule has 0 radical (unpaired) electrons. The quantitative estimate of drug-likeness (QED) is 0.805. The van der Waals surface area contributed by atoms with E-state index in [9.17, 15) is 9.59 Å². The first kappa shape index (κ1) is 21.2. The van der Waals surface area contributed by atoms with Gasteiger partial charge in [0.25, 0.3) is 5.91 Å². The van der Waals surface area contributed by atoms with Crippen LogP contribution in [-0.4, -0.2) is 53.6 Å². The van der Waals surface area contributed by atoms with Gasteiger partial charge in [-0.2, -0.15) is 0 Å². The largest absolute Gasteiger partial charge is 0.450 e. The Kier molecular flexibility index (Phi) is 6.32. The van der Waals surface area contributed by atoms with E-state index in [1.165, 1.54) is 12.8 Å². The van der Waals surface area contributed by atoms with Crippen LogP contribution in [0.25, 0.3) is 0 Å². The number of carbonyl (C=O) groups is 2. The zero-order valence-corrected chi connectivity index (χ0v) is 18.5. The van der Waals surface area contributed by atoms with Crippen LogP contribution in [0.5, 0.6) is 0 Å². The minimum absolute atomic E-state index is 0.0782. The number of fused-ring (bicyclic) bond motifs is 1. The highest BCUT2D eigenvalue weighted by atomic mass is 16.6. The molecule has 2 fully saturated rings. The minimum atomic E-state index is -0.219. The molecular formula is C24H35N3O3. The summed E-state index contributed by atoms with van der Waals surface area (Å²) in [5.74, 6) is 1.29. The highest BCUT2D eigenvalue weighted by Gasteiger charge is 2.44. The topological polar surface area (TPSA) is 61.9 Å². The fourth-order valence-corrected chi connectivity index (χ4v) is 5.46. The second-order valence-electron chi connectivity index (χ2n) is 9.16. The lowest BCUT2D eigenvalue weighted by Gasteiger charge is -2.44. The number of ether oxygens (including phenoxy) is 1. The van der Waals surface area contributed by atoms with Crippen LogP contribution in [0.3, 0.4) is 0 Å². The van der Waals surface area contributed by atoms with E-state index in [1.807, 2.05) is 25.1 Å². The second-order valence-corrected chi connectivity index (χ2v) is 9.16. The highest BCUT2D eigenvalue weighted by Crippen LogP contribution is 2.41. The maximum Gasteiger partial charge on any atom is 0.409 e. The van der Waals surface area contributed by atoms with E-state index in [0.29, 0.717) is 31.5 Å². The molecule has 1 aromatic carbocycles. The molecule has 4 unspecified atom stereocenters. The van der Waals surface area contributed by atoms with Crippen LogP contribution < -0.4 is 5.32 Å². The molecule has 6 heteroatoms. The average Bonchev–Trinajstić information content (AvgIpc) is 3.03. The molecule has 2 aliphatic heterocycles. The third-order valence-corrected chi connectivity index (χ3v) is 7.43. The number of amides is 2. The molecule has 6 nitrogen and oxygen atoms in total. The van der Waals surface area contributed by atoms with E-state index in [4.69, 9.17) is 4.74 Å². The van der Waals surface area contributed by atoms with Crippen molar-refractivity contribution in [1.82, 2.24) is 15.1 Å². The fraction of sp³-hybridized carbons (Fsp3) is 0.667. The molecule has 1 saturated heterocycles. The van der Waals surface area contributed by atoms with Crippen molar-refractivity contribution in [3.05, 3.63) is 35.4 Å². The molecule has 4 atom stereocenters. The first-order chi connectivity index (χ1) is 14.5. The summed E-state index contributed by atoms with van der Waals surface area (Å²) in [6, 6.07) is 8.59. The van der Waals surface area contributed by atoms with Crippen molar-refractivity contribution in [2.24, 2.45) is 11.8 Å². The predicted molar refractivity (Wildman–Crippen MR) is 116 cm³/mol. The Bertz CT molecular complexity index is 775. The van der Waals surface area contributed by atoms with Crippen LogP contribution in [0.15, 0.2) is 24.3 Å². The zero-order chi connectivity index (χ0) is 21.3. The molecule has 30 heavy (non-hydrogen) atoms. The van der Waals surface area contributed by atoms with Crippen LogP contribution in [0.1, 0.15) is 75.0 Å². The summed E-state index contributed by atoms with van der Waals surface area (Å²) in [4.78, 5) is 29.4. The Morgan fingerprint density at radius 2 is 1.87 bits per heavy atom. The van der Waals surface area contributed by atoms with Gasteiger partial charge in [-0.15, -0.1) is 0 Å². The second kappa shape index (κ2) is 8.96. The molecule has 3 aliphatic rings. The number of hydrogen-bond donors (Lipinski definition) is 1. The van der Waals surface area contributed by atoms with E-state index >= 15 is 0 Å². The molecular weight excluding hydrogens is 378 g/mol. The molecule has 164 valence electrons. The van der Waals surface area contributed by atoms with Crippen molar-refractivity contribution in [3.63, 3.8) is 0 Å². The summed E-state index contributed by atoms with van der Waals surface area (Å²) in [5, 5.41) is 3.80. The predicted octanol–water partition coefficient (Wildman–Crippen LogP) is 4.18. The molecule has 1 aliphatic carbocycles. The van der Waals surface area contributed by atoms with Gasteiger partial charge in [-0.3, -0.25) is 10.1 Å². The lowest BCUT2D eigenvalue weighted by Crippen LogP contribution is -2.53. The highest BCUT2D eigenvalue weighted by molar-refractivity contribution is 5.99. The number of rotatable bonds is 4. The lowest BCUT2D eigenvalue weighted by molar-refractivity contribution is 0.0271. The van der Waals surface area contributed by atoms with Crippen LogP contribution in [-0.2, 0) is 4.74 Å². The molecule has 4 rings (SSSR count). The summed E-state index contributed by atoms with van der Waals surface area (Å²) in [6.45, 7) is 8.25. The maximum absolute atomic E-state index is 13.4. The van der Waals surface area contributed by atoms with Crippen molar-refractivity contribution < 1.29 is 14.3 Å². The van der Waals surface area contributed by atoms with Gasteiger partial charge < -0.3 is 14.5 Å². The lowest BCUT2D eigenvalue weighted by atomic mass is 9.77. The van der Waals surface area contributed by atoms with Crippen molar-refractivity contribution in [1.29, 1.82) is 0 Å². The molecule has 1 aromatic rings. The molecule has 0 bridgehead atoms. The first-order valence-electron chi connectivity index (χ1n) is 11.6. The molecule has 1 N–H and O–H groups in total. The van der Waals surface area contributed by atoms with Gasteiger partial charge in [0.2, 0.25) is 0 Å². The maximum atomic E-state index is 13.4. The zero-order valence-electron chi connectivity index (χ0n) is 18.5. The van der Waals surface area contributed by atoms with E-state index in [-0.39, 0.29) is 30.2 Å². The van der Waals surface area contributed by atoms with E-state index in [0.717, 1.165) is 30.4 Å². The summed E-state index contributed by atoms with van der Waals surface area (Å²) in [6.07, 6.45) is 4.95. The van der Waals surface area contributed by atoms with Gasteiger partial charge in [0.15, 0.2) is 0 Å². The van der Waals surface area contributed by atoms with Gasteiger partial charge in [-0.05, 0) is 44.1 Å². The molecule has 2 heterocycles. The number of likely N-dealkylation sites (tertiary alicyclic amines) is 1. The van der Waals surface area contributed by atoms with Crippen LogP contribution in [0, 0.1) is 11.8 Å². The van der Waals surface area contributed by atoms with Crippen molar-refractivity contribution >= 4 is 12.0 Å². The van der Waals surface area contributed by atoms with Gasteiger partial charge in [0, 0.05) is 36.3 Å². The summed E-state index contributed by atoms with van der Waals surface area (Å²) in [5.41, 5.74) is 1.94. The van der Waals surface area contributed by atoms with E-state index < -0.39 is 0 Å². The number of piperidine rings is 1. The number of hydrogen-bond acceptors (Lipinski definition) is 4. The van der Waals surface area contributed by atoms with E-state index in [1.54, 1.807) is 4.90 Å². The van der Waals surface area contributed by atoms with Crippen LogP contribution >= 0.6 is 0 Å². The fourth-order valence-electron chi connectivity index (χ4n) is 5.46. The van der Waals surface area contributed by atoms with Gasteiger partial charge >= 0.3 is 6.09 Å². The Morgan fingerprint density at radius 1 is 1.13 bits per heavy atom. The SMILES string of the molecule is CCOC(=O)N1CCC(NC2c3ccccc3C(=O)N2C2CCCC(C)C2C)CC1. The summed E-state index contributed by atoms with van der Waals surface area (Å²) in [7, 11) is 0. The normalized spacial score (nSPS) is 29.8. The van der Waals surface area contributed by atoms with Gasteiger partial charge in [0.1, 0.15) is 6.17 Å². The number of nitrogens with one attached hydrogen (secondary N) is 1. The smallest absolute Gasteiger partial charge is 0.409 e. The van der Waals surface area contributed by atoms with Crippen molar-refractivity contribution in [2.45, 2.75) is 71.1 Å². The third-order valence-electron chi connectivity index (χ3n) is 7.43. The van der Waals surface area contributed by atoms with Crippen LogP contribution in [0.2, 0.25) is 0 Å². The number of nitrogens with zero attached hydrogens (tertiary/aromatic N) is 2. The Morgan fingerprint density at radius 3 is 2.60 bits per heavy atom. The summed E-state index contributed by atoms with van der Waals surface area (Å²) < 4.78 is 5.14. The van der Waals surface area contributed by atoms with E-state index in [2.05, 4.69) is 30.1 Å². The third kappa shape index (κ3) is 3.94. The van der Waals surface area contributed by atoms with Gasteiger partial charge in [-0.25, -0.2) is 4.79 Å². The standard InChI is InChI=1S/C24H35N3O3/c1-4-30-24(29)26-14-12-18(13-15-26)25-22-19-9-5-6-10-20(19)23(28)27(22)21-11-7-8-16(2)17(21)3/h5-6,9-10,16-18,21-22,25H,4,7-8,11-15H2,1-3H3. The van der Waals surface area contributed by atoms with Gasteiger partial charge in [0.05, 0.1) is 6.61 Å². The van der Waals surface area contributed by atoms with Crippen LogP contribution in [0.4, 0.5) is 4.79 Å². The molecule has 1 saturated carbocycles. The summed E-state index contributed by atoms with van der Waals surface area (Å²) >= 11 is 0. The molecule has 2 amide bonds. The Labute approximate surface area is 179 Å². The minimum Gasteiger partial charge on any atom is -0.450 e. The molecule has 0 spiro atoms. The monoisotopic (exact) mass is 413 g/mol. The average molecular weight is 414 g/mol. The first-order valence-corrected chi connectivity index (χ1v) is 11.6. The number of benzene rings is 1. The molecule has 0 aromatic heterocycles. The van der Waals surface area contributed by atoms with Gasteiger partial charge in [-0.1, -0.05) is 44.9 Å². The van der Waals surface area contributed by atoms with Crippen molar-refractivity contribution in [3.8, 4) is 0 Å². The van der Waals surface area contributed by atoms with Crippen molar-refractivity contribution in [2.75, 3.05) is 19.7 Å². The Hall–Kier alpha value is -2.08. The number of carbonyl (C=O) groups excluding carboxylic acids is 2.